The molecule has 1 amide bonds. The second-order valence-corrected chi connectivity index (χ2v) is 6.62. The number of anilines is 1. The number of aromatic nitrogens is 3. The summed E-state index contributed by atoms with van der Waals surface area (Å²) in [6, 6.07) is 9.86. The number of imidazole rings is 1. The van der Waals surface area contributed by atoms with Crippen molar-refractivity contribution in [3.05, 3.63) is 42.7 Å². The van der Waals surface area contributed by atoms with Gasteiger partial charge in [-0.3, -0.25) is 14.1 Å². The number of nitrogens with zero attached hydrogens (tertiary/aromatic N) is 4. The number of fused-ring (bicyclic) bond motifs is 2. The third kappa shape index (κ3) is 2.43. The Balaban J connectivity index is 1.60. The number of piperidine rings is 1. The maximum atomic E-state index is 12.6. The van der Waals surface area contributed by atoms with Gasteiger partial charge >= 0.3 is 0 Å². The minimum atomic E-state index is -0.0211. The summed E-state index contributed by atoms with van der Waals surface area (Å²) < 4.78 is 7.62. The average molecular weight is 349 g/mol. The Bertz CT molecular complexity index is 977. The molecule has 3 aromatic heterocycles. The first kappa shape index (κ1) is 15.3. The largest absolute Gasteiger partial charge is 0.480 e. The van der Waals surface area contributed by atoms with E-state index in [1.807, 2.05) is 52.0 Å². The molecule has 7 heteroatoms. The predicted octanol–water partition coefficient (Wildman–Crippen LogP) is 1.87. The molecule has 1 saturated heterocycles. The standard InChI is InChI=1S/C19H19N5O2/c25-18-12-26-16-5-4-14(15-11-21-17-3-1-2-10-23(15)17)22-19(16)24(18)13-6-8-20-9-7-13/h1-5,10-11,13,20H,6-9,12H2. The van der Waals surface area contributed by atoms with Crippen molar-refractivity contribution < 1.29 is 9.53 Å². The molecule has 3 aromatic rings. The fourth-order valence-electron chi connectivity index (χ4n) is 3.75. The fourth-order valence-corrected chi connectivity index (χ4v) is 3.75. The van der Waals surface area contributed by atoms with Crippen LogP contribution in [0.3, 0.4) is 0 Å². The Morgan fingerprint density at radius 1 is 1.15 bits per heavy atom. The zero-order valence-electron chi connectivity index (χ0n) is 14.3. The maximum Gasteiger partial charge on any atom is 0.266 e. The predicted molar refractivity (Wildman–Crippen MR) is 97.3 cm³/mol. The van der Waals surface area contributed by atoms with Crippen LogP contribution in [0.5, 0.6) is 5.75 Å². The van der Waals surface area contributed by atoms with Crippen molar-refractivity contribution in [3.63, 3.8) is 0 Å². The summed E-state index contributed by atoms with van der Waals surface area (Å²) in [6.07, 6.45) is 5.62. The molecule has 5 rings (SSSR count). The minimum Gasteiger partial charge on any atom is -0.480 e. The van der Waals surface area contributed by atoms with Crippen LogP contribution in [-0.2, 0) is 4.79 Å². The van der Waals surface area contributed by atoms with Crippen molar-refractivity contribution in [1.82, 2.24) is 19.7 Å². The lowest BCUT2D eigenvalue weighted by Gasteiger charge is -2.37. The fraction of sp³-hybridized carbons (Fsp3) is 0.316. The first-order chi connectivity index (χ1) is 12.8. The topological polar surface area (TPSA) is 71.8 Å². The van der Waals surface area contributed by atoms with E-state index >= 15 is 0 Å². The van der Waals surface area contributed by atoms with E-state index in [4.69, 9.17) is 9.72 Å². The van der Waals surface area contributed by atoms with Gasteiger partial charge in [-0.2, -0.15) is 0 Å². The van der Waals surface area contributed by atoms with Crippen molar-refractivity contribution in [1.29, 1.82) is 0 Å². The number of rotatable bonds is 2. The maximum absolute atomic E-state index is 12.6. The highest BCUT2D eigenvalue weighted by atomic mass is 16.5. The summed E-state index contributed by atoms with van der Waals surface area (Å²) in [6.45, 7) is 1.91. The first-order valence-electron chi connectivity index (χ1n) is 8.90. The number of hydrogen-bond donors (Lipinski definition) is 1. The van der Waals surface area contributed by atoms with Crippen LogP contribution in [0.15, 0.2) is 42.7 Å². The number of nitrogens with one attached hydrogen (secondary N) is 1. The second-order valence-electron chi connectivity index (χ2n) is 6.62. The Labute approximate surface area is 150 Å². The molecule has 0 saturated carbocycles. The molecule has 132 valence electrons. The number of hydrogen-bond acceptors (Lipinski definition) is 5. The molecule has 0 bridgehead atoms. The summed E-state index contributed by atoms with van der Waals surface area (Å²) in [7, 11) is 0. The molecule has 0 aliphatic carbocycles. The van der Waals surface area contributed by atoms with Gasteiger partial charge in [-0.05, 0) is 50.2 Å². The van der Waals surface area contributed by atoms with Crippen molar-refractivity contribution in [3.8, 4) is 17.1 Å². The van der Waals surface area contributed by atoms with Gasteiger partial charge in [-0.1, -0.05) is 6.07 Å². The van der Waals surface area contributed by atoms with E-state index in [1.165, 1.54) is 0 Å². The van der Waals surface area contributed by atoms with Crippen LogP contribution < -0.4 is 15.0 Å². The summed E-state index contributed by atoms with van der Waals surface area (Å²) in [4.78, 5) is 23.7. The van der Waals surface area contributed by atoms with E-state index < -0.39 is 0 Å². The Hall–Kier alpha value is -2.93. The lowest BCUT2D eigenvalue weighted by atomic mass is 10.0. The first-order valence-corrected chi connectivity index (χ1v) is 8.90. The molecule has 2 aliphatic heterocycles. The smallest absolute Gasteiger partial charge is 0.266 e. The van der Waals surface area contributed by atoms with Gasteiger partial charge in [0.05, 0.1) is 17.6 Å². The van der Waals surface area contributed by atoms with Crippen LogP contribution >= 0.6 is 0 Å². The molecule has 7 nitrogen and oxygen atoms in total. The lowest BCUT2D eigenvalue weighted by molar-refractivity contribution is -0.122. The van der Waals surface area contributed by atoms with Crippen molar-refractivity contribution in [2.24, 2.45) is 0 Å². The van der Waals surface area contributed by atoms with Gasteiger partial charge in [0.15, 0.2) is 18.2 Å². The van der Waals surface area contributed by atoms with E-state index in [-0.39, 0.29) is 18.6 Å². The van der Waals surface area contributed by atoms with E-state index in [9.17, 15) is 4.79 Å². The normalized spacial score (nSPS) is 18.0. The summed E-state index contributed by atoms with van der Waals surface area (Å²) >= 11 is 0. The molecule has 1 N–H and O–H groups in total. The number of carbonyl (C=O) groups is 1. The van der Waals surface area contributed by atoms with E-state index in [0.29, 0.717) is 11.6 Å². The lowest BCUT2D eigenvalue weighted by Crippen LogP contribution is -2.50. The zero-order valence-corrected chi connectivity index (χ0v) is 14.3. The van der Waals surface area contributed by atoms with Gasteiger partial charge in [-0.25, -0.2) is 9.97 Å². The monoisotopic (exact) mass is 349 g/mol. The molecule has 0 unspecified atom stereocenters. The Morgan fingerprint density at radius 3 is 2.92 bits per heavy atom. The average Bonchev–Trinajstić information content (AvgIpc) is 3.12. The highest BCUT2D eigenvalue weighted by molar-refractivity contribution is 5.97. The molecule has 0 atom stereocenters. The highest BCUT2D eigenvalue weighted by Gasteiger charge is 2.34. The van der Waals surface area contributed by atoms with Gasteiger partial charge < -0.3 is 10.1 Å². The van der Waals surface area contributed by atoms with Gasteiger partial charge in [0.2, 0.25) is 0 Å². The van der Waals surface area contributed by atoms with E-state index in [1.54, 1.807) is 0 Å². The minimum absolute atomic E-state index is 0.0211. The third-order valence-electron chi connectivity index (χ3n) is 5.04. The summed E-state index contributed by atoms with van der Waals surface area (Å²) in [5.74, 6) is 1.27. The van der Waals surface area contributed by atoms with Crippen LogP contribution in [0.25, 0.3) is 17.0 Å². The second kappa shape index (κ2) is 6.10. The van der Waals surface area contributed by atoms with Gasteiger partial charge in [0.25, 0.3) is 5.91 Å². The summed E-state index contributed by atoms with van der Waals surface area (Å²) in [5, 5.41) is 3.35. The van der Waals surface area contributed by atoms with Crippen LogP contribution in [0.1, 0.15) is 12.8 Å². The van der Waals surface area contributed by atoms with E-state index in [2.05, 4.69) is 10.3 Å². The van der Waals surface area contributed by atoms with Gasteiger partial charge in [0, 0.05) is 12.2 Å². The molecule has 1 fully saturated rings. The zero-order chi connectivity index (χ0) is 17.5. The molecule has 0 radical (unpaired) electrons. The molecular formula is C19H19N5O2. The van der Waals surface area contributed by atoms with Crippen molar-refractivity contribution >= 4 is 17.4 Å². The van der Waals surface area contributed by atoms with Crippen molar-refractivity contribution in [2.75, 3.05) is 24.6 Å². The molecule has 2 aliphatic rings. The molecule has 26 heavy (non-hydrogen) atoms. The van der Waals surface area contributed by atoms with Gasteiger partial charge in [-0.15, -0.1) is 0 Å². The van der Waals surface area contributed by atoms with Crippen LogP contribution in [0.2, 0.25) is 0 Å². The quantitative estimate of drug-likeness (QED) is 0.765. The SMILES string of the molecule is O=C1COc2ccc(-c3cnc4ccccn34)nc2N1C1CCNCC1. The number of ether oxygens (including phenoxy) is 1. The molecular weight excluding hydrogens is 330 g/mol. The number of carbonyl (C=O) groups excluding carboxylic acids is 1. The van der Waals surface area contributed by atoms with Crippen LogP contribution in [-0.4, -0.2) is 46.0 Å². The number of pyridine rings is 2. The van der Waals surface area contributed by atoms with Crippen LogP contribution in [0.4, 0.5) is 5.82 Å². The molecule has 0 aromatic carbocycles. The van der Waals surface area contributed by atoms with Crippen molar-refractivity contribution in [2.45, 2.75) is 18.9 Å². The highest BCUT2D eigenvalue weighted by Crippen LogP contribution is 2.35. The van der Waals surface area contributed by atoms with Gasteiger partial charge in [0.1, 0.15) is 5.65 Å². The number of amides is 1. The molecule has 0 spiro atoms. The Morgan fingerprint density at radius 2 is 2.04 bits per heavy atom. The molecule has 5 heterocycles. The summed E-state index contributed by atoms with van der Waals surface area (Å²) in [5.41, 5.74) is 2.54. The van der Waals surface area contributed by atoms with E-state index in [0.717, 1.165) is 43.0 Å². The Kier molecular flexibility index (Phi) is 3.60. The third-order valence-corrected chi connectivity index (χ3v) is 5.04. The van der Waals surface area contributed by atoms with Crippen LogP contribution in [0, 0.1) is 0 Å².